The number of aromatic nitrogens is 4. The Morgan fingerprint density at radius 1 is 1.53 bits per heavy atom. The highest BCUT2D eigenvalue weighted by atomic mass is 16.1. The van der Waals surface area contributed by atoms with E-state index < -0.39 is 0 Å². The first-order valence-corrected chi connectivity index (χ1v) is 6.26. The van der Waals surface area contributed by atoms with Crippen molar-refractivity contribution in [1.82, 2.24) is 20.2 Å². The highest BCUT2D eigenvalue weighted by Gasteiger charge is 2.22. The molecule has 0 bridgehead atoms. The number of nitrogens with one attached hydrogen (secondary N) is 2. The van der Waals surface area contributed by atoms with Gasteiger partial charge in [-0.15, -0.1) is 5.10 Å². The van der Waals surface area contributed by atoms with Crippen LogP contribution in [-0.4, -0.2) is 39.3 Å². The average Bonchev–Trinajstić information content (AvgIpc) is 2.97. The van der Waals surface area contributed by atoms with Crippen LogP contribution in [0.3, 0.4) is 0 Å². The summed E-state index contributed by atoms with van der Waals surface area (Å²) in [4.78, 5) is 21.3. The SMILES string of the molecule is Cc1cc(=O)c(-c2nc(N3CCC(N)C3)n[nH]2)c[nH]1. The lowest BCUT2D eigenvalue weighted by Crippen LogP contribution is -2.26. The Balaban J connectivity index is 1.91. The second-order valence-corrected chi connectivity index (χ2v) is 4.87. The molecule has 19 heavy (non-hydrogen) atoms. The Morgan fingerprint density at radius 3 is 3.05 bits per heavy atom. The van der Waals surface area contributed by atoms with Crippen molar-refractivity contribution in [1.29, 1.82) is 0 Å². The first-order valence-electron chi connectivity index (χ1n) is 6.26. The number of anilines is 1. The Labute approximate surface area is 109 Å². The van der Waals surface area contributed by atoms with Gasteiger partial charge in [0.2, 0.25) is 5.95 Å². The quantitative estimate of drug-likeness (QED) is 0.705. The minimum atomic E-state index is -0.0722. The van der Waals surface area contributed by atoms with Crippen molar-refractivity contribution in [2.24, 2.45) is 5.73 Å². The van der Waals surface area contributed by atoms with Crippen molar-refractivity contribution in [3.8, 4) is 11.4 Å². The van der Waals surface area contributed by atoms with Crippen LogP contribution in [0.15, 0.2) is 17.1 Å². The van der Waals surface area contributed by atoms with Gasteiger partial charge in [-0.25, -0.2) is 0 Å². The Hall–Kier alpha value is -2.15. The smallest absolute Gasteiger partial charge is 0.245 e. The first-order chi connectivity index (χ1) is 9.13. The van der Waals surface area contributed by atoms with E-state index in [0.717, 1.165) is 25.2 Å². The van der Waals surface area contributed by atoms with E-state index in [9.17, 15) is 4.79 Å². The van der Waals surface area contributed by atoms with Crippen LogP contribution in [0.4, 0.5) is 5.95 Å². The van der Waals surface area contributed by atoms with E-state index in [1.165, 1.54) is 0 Å². The molecule has 4 N–H and O–H groups in total. The molecule has 0 radical (unpaired) electrons. The zero-order valence-corrected chi connectivity index (χ0v) is 10.7. The van der Waals surface area contributed by atoms with Crippen LogP contribution < -0.4 is 16.1 Å². The molecule has 0 aliphatic carbocycles. The fourth-order valence-electron chi connectivity index (χ4n) is 2.24. The minimum Gasteiger partial charge on any atom is -0.364 e. The molecule has 100 valence electrons. The van der Waals surface area contributed by atoms with Crippen LogP contribution in [0.5, 0.6) is 0 Å². The van der Waals surface area contributed by atoms with Crippen molar-refractivity contribution >= 4 is 5.95 Å². The van der Waals surface area contributed by atoms with E-state index in [4.69, 9.17) is 5.73 Å². The van der Waals surface area contributed by atoms with E-state index in [-0.39, 0.29) is 11.5 Å². The van der Waals surface area contributed by atoms with Crippen LogP contribution in [0.25, 0.3) is 11.4 Å². The van der Waals surface area contributed by atoms with Gasteiger partial charge in [-0.05, 0) is 13.3 Å². The Morgan fingerprint density at radius 2 is 2.37 bits per heavy atom. The molecular weight excluding hydrogens is 244 g/mol. The molecule has 1 unspecified atom stereocenters. The number of aryl methyl sites for hydroxylation is 1. The third kappa shape index (κ3) is 2.24. The van der Waals surface area contributed by atoms with Crippen LogP contribution in [0.2, 0.25) is 0 Å². The maximum Gasteiger partial charge on any atom is 0.245 e. The maximum atomic E-state index is 11.9. The molecule has 2 aromatic rings. The van der Waals surface area contributed by atoms with E-state index >= 15 is 0 Å². The highest BCUT2D eigenvalue weighted by molar-refractivity contribution is 5.55. The van der Waals surface area contributed by atoms with Gasteiger partial charge in [-0.1, -0.05) is 0 Å². The number of rotatable bonds is 2. The normalized spacial score (nSPS) is 19.1. The fraction of sp³-hybridized carbons (Fsp3) is 0.417. The summed E-state index contributed by atoms with van der Waals surface area (Å²) < 4.78 is 0. The van der Waals surface area contributed by atoms with Gasteiger partial charge < -0.3 is 15.6 Å². The maximum absolute atomic E-state index is 11.9. The molecular formula is C12H16N6O. The molecule has 1 aliphatic heterocycles. The van der Waals surface area contributed by atoms with Gasteiger partial charge in [0.05, 0.1) is 5.56 Å². The zero-order valence-electron chi connectivity index (χ0n) is 10.7. The molecule has 7 nitrogen and oxygen atoms in total. The Bertz CT molecular complexity index is 646. The second-order valence-electron chi connectivity index (χ2n) is 4.87. The molecule has 3 heterocycles. The number of hydrogen-bond acceptors (Lipinski definition) is 5. The average molecular weight is 260 g/mol. The summed E-state index contributed by atoms with van der Waals surface area (Å²) in [5.41, 5.74) is 7.10. The van der Waals surface area contributed by atoms with E-state index in [0.29, 0.717) is 17.3 Å². The van der Waals surface area contributed by atoms with Crippen molar-refractivity contribution in [3.05, 3.63) is 28.2 Å². The summed E-state index contributed by atoms with van der Waals surface area (Å²) in [6.45, 7) is 3.44. The van der Waals surface area contributed by atoms with Gasteiger partial charge in [0, 0.05) is 37.1 Å². The number of H-pyrrole nitrogens is 2. The van der Waals surface area contributed by atoms with E-state index in [2.05, 4.69) is 20.2 Å². The van der Waals surface area contributed by atoms with Crippen molar-refractivity contribution < 1.29 is 0 Å². The highest BCUT2D eigenvalue weighted by Crippen LogP contribution is 2.17. The molecule has 3 rings (SSSR count). The van der Waals surface area contributed by atoms with Crippen LogP contribution in [0.1, 0.15) is 12.1 Å². The number of pyridine rings is 1. The summed E-state index contributed by atoms with van der Waals surface area (Å²) in [6, 6.07) is 1.72. The molecule has 0 saturated carbocycles. The van der Waals surface area contributed by atoms with Crippen molar-refractivity contribution in [2.45, 2.75) is 19.4 Å². The summed E-state index contributed by atoms with van der Waals surface area (Å²) in [5, 5.41) is 6.96. The van der Waals surface area contributed by atoms with Gasteiger partial charge in [-0.2, -0.15) is 4.98 Å². The van der Waals surface area contributed by atoms with Crippen LogP contribution in [-0.2, 0) is 0 Å². The third-order valence-electron chi connectivity index (χ3n) is 3.29. The summed E-state index contributed by atoms with van der Waals surface area (Å²) in [6.07, 6.45) is 2.59. The third-order valence-corrected chi connectivity index (χ3v) is 3.29. The molecule has 7 heteroatoms. The van der Waals surface area contributed by atoms with Crippen molar-refractivity contribution in [2.75, 3.05) is 18.0 Å². The lowest BCUT2D eigenvalue weighted by Gasteiger charge is -2.11. The topological polar surface area (TPSA) is 104 Å². The monoisotopic (exact) mass is 260 g/mol. The summed E-state index contributed by atoms with van der Waals surface area (Å²) in [7, 11) is 0. The lowest BCUT2D eigenvalue weighted by atomic mass is 10.2. The predicted molar refractivity (Wildman–Crippen MR) is 72.0 cm³/mol. The van der Waals surface area contributed by atoms with Gasteiger partial charge >= 0.3 is 0 Å². The number of aromatic amines is 2. The van der Waals surface area contributed by atoms with Gasteiger partial charge in [0.25, 0.3) is 0 Å². The number of hydrogen-bond donors (Lipinski definition) is 3. The van der Waals surface area contributed by atoms with Gasteiger partial charge in [0.15, 0.2) is 11.3 Å². The molecule has 1 saturated heterocycles. The lowest BCUT2D eigenvalue weighted by molar-refractivity contribution is 0.750. The first kappa shape index (κ1) is 11.9. The molecule has 1 fully saturated rings. The molecule has 0 aromatic carbocycles. The van der Waals surface area contributed by atoms with Crippen LogP contribution >= 0.6 is 0 Å². The predicted octanol–water partition coefficient (Wildman–Crippen LogP) is 0.00582. The number of nitrogens with two attached hydrogens (primary N) is 1. The minimum absolute atomic E-state index is 0.0722. The van der Waals surface area contributed by atoms with E-state index in [1.807, 2.05) is 11.8 Å². The summed E-state index contributed by atoms with van der Waals surface area (Å²) >= 11 is 0. The largest absolute Gasteiger partial charge is 0.364 e. The summed E-state index contributed by atoms with van der Waals surface area (Å²) in [5.74, 6) is 1.08. The molecule has 1 aliphatic rings. The molecule has 1 atom stereocenters. The van der Waals surface area contributed by atoms with Crippen LogP contribution in [0, 0.1) is 6.92 Å². The van der Waals surface area contributed by atoms with Gasteiger partial charge in [0.1, 0.15) is 0 Å². The molecule has 0 spiro atoms. The van der Waals surface area contributed by atoms with Crippen molar-refractivity contribution in [3.63, 3.8) is 0 Å². The van der Waals surface area contributed by atoms with E-state index in [1.54, 1.807) is 12.3 Å². The number of nitrogens with zero attached hydrogens (tertiary/aromatic N) is 3. The molecule has 2 aromatic heterocycles. The molecule has 0 amide bonds. The second kappa shape index (κ2) is 4.51. The standard InChI is InChI=1S/C12H16N6O/c1-7-4-10(19)9(5-14-7)11-15-12(17-16-11)18-3-2-8(13)6-18/h4-5,8H,2-3,6,13H2,1H3,(H,14,19)(H,15,16,17). The zero-order chi connectivity index (χ0) is 13.4. The Kier molecular flexibility index (Phi) is 2.83. The fourth-order valence-corrected chi connectivity index (χ4v) is 2.24. The van der Waals surface area contributed by atoms with Gasteiger partial charge in [-0.3, -0.25) is 9.89 Å².